The Balaban J connectivity index is 1.32. The van der Waals surface area contributed by atoms with Crippen molar-refractivity contribution in [3.8, 4) is 0 Å². The number of benzene rings is 2. The van der Waals surface area contributed by atoms with E-state index < -0.39 is 0 Å². The number of aromatic amines is 1. The van der Waals surface area contributed by atoms with Gasteiger partial charge < -0.3 is 16.0 Å². The average Bonchev–Trinajstić information content (AvgIpc) is 3.60. The molecule has 0 saturated heterocycles. The highest BCUT2D eigenvalue weighted by Crippen LogP contribution is 2.33. The van der Waals surface area contributed by atoms with Gasteiger partial charge in [-0.1, -0.05) is 31.0 Å². The summed E-state index contributed by atoms with van der Waals surface area (Å²) in [5.41, 5.74) is 10.3. The predicted molar refractivity (Wildman–Crippen MR) is 142 cm³/mol. The number of fused-ring (bicyclic) bond motifs is 1. The third-order valence-electron chi connectivity index (χ3n) is 6.69. The largest absolute Gasteiger partial charge is 0.404 e. The van der Waals surface area contributed by atoms with E-state index in [0.29, 0.717) is 28.3 Å². The van der Waals surface area contributed by atoms with Crippen molar-refractivity contribution in [2.45, 2.75) is 44.6 Å². The first-order chi connectivity index (χ1) is 18.0. The first-order valence-electron chi connectivity index (χ1n) is 12.3. The van der Waals surface area contributed by atoms with Gasteiger partial charge in [0.05, 0.1) is 11.7 Å². The number of nitrogens with zero attached hydrogens (tertiary/aromatic N) is 4. The summed E-state index contributed by atoms with van der Waals surface area (Å²) in [4.78, 5) is 34.0. The molecule has 1 aliphatic rings. The maximum Gasteiger partial charge on any atom is 0.272 e. The number of imidazole rings is 1. The van der Waals surface area contributed by atoms with Gasteiger partial charge in [-0.15, -0.1) is 0 Å². The molecule has 37 heavy (non-hydrogen) atoms. The lowest BCUT2D eigenvalue weighted by Gasteiger charge is -2.15. The van der Waals surface area contributed by atoms with Gasteiger partial charge in [0.25, 0.3) is 5.91 Å². The number of amides is 1. The van der Waals surface area contributed by atoms with Crippen LogP contribution in [0.5, 0.6) is 0 Å². The van der Waals surface area contributed by atoms with Crippen LogP contribution in [-0.4, -0.2) is 32.1 Å². The number of nitrogens with one attached hydrogen (secondary N) is 2. The van der Waals surface area contributed by atoms with E-state index in [1.54, 1.807) is 18.3 Å². The summed E-state index contributed by atoms with van der Waals surface area (Å²) in [7, 11) is 0. The fourth-order valence-corrected chi connectivity index (χ4v) is 4.63. The topological polar surface area (TPSA) is 122 Å². The molecule has 0 unspecified atom stereocenters. The summed E-state index contributed by atoms with van der Waals surface area (Å²) in [5, 5.41) is 3.03. The number of hydrogen-bond acceptors (Lipinski definition) is 6. The van der Waals surface area contributed by atoms with Crippen molar-refractivity contribution in [2.75, 3.05) is 0 Å². The van der Waals surface area contributed by atoms with Crippen molar-refractivity contribution in [3.05, 3.63) is 89.5 Å². The summed E-state index contributed by atoms with van der Waals surface area (Å²) >= 11 is 0. The number of H-pyrrole nitrogens is 1. The van der Waals surface area contributed by atoms with Gasteiger partial charge in [0.15, 0.2) is 11.3 Å². The fraction of sp³-hybridized carbons (Fsp3) is 0.250. The van der Waals surface area contributed by atoms with Gasteiger partial charge in [-0.2, -0.15) is 0 Å². The van der Waals surface area contributed by atoms with Crippen LogP contribution in [-0.2, 0) is 0 Å². The number of nitrogens with two attached hydrogens (primary N) is 1. The molecule has 5 rings (SSSR count). The molecule has 8 nitrogen and oxygen atoms in total. The van der Waals surface area contributed by atoms with Crippen LogP contribution in [0.1, 0.15) is 72.0 Å². The molecule has 4 N–H and O–H groups in total. The lowest BCUT2D eigenvalue weighted by atomic mass is 10.0. The SMILES string of the molecule is C[C@@H](NC(=O)c1ncnc2nc(C3CCCC3)[nH]c12)c1cccc(C(C=Nc2ccc(F)cc2)=CN)c1. The third-order valence-corrected chi connectivity index (χ3v) is 6.69. The molecule has 2 aromatic heterocycles. The lowest BCUT2D eigenvalue weighted by Crippen LogP contribution is -2.27. The average molecular weight is 498 g/mol. The monoisotopic (exact) mass is 497 g/mol. The van der Waals surface area contributed by atoms with Crippen LogP contribution in [0.2, 0.25) is 0 Å². The summed E-state index contributed by atoms with van der Waals surface area (Å²) in [6.45, 7) is 1.91. The third kappa shape index (κ3) is 5.40. The van der Waals surface area contributed by atoms with E-state index in [1.165, 1.54) is 37.5 Å². The van der Waals surface area contributed by atoms with Gasteiger partial charge >= 0.3 is 0 Å². The highest BCUT2D eigenvalue weighted by molar-refractivity contribution is 6.10. The maximum atomic E-state index is 13.2. The Kier molecular flexibility index (Phi) is 7.02. The van der Waals surface area contributed by atoms with Gasteiger partial charge in [-0.25, -0.2) is 19.3 Å². The number of carbonyl (C=O) groups excluding carboxylic acids is 1. The minimum atomic E-state index is -0.318. The zero-order valence-corrected chi connectivity index (χ0v) is 20.5. The van der Waals surface area contributed by atoms with E-state index in [0.717, 1.165) is 29.8 Å². The van der Waals surface area contributed by atoms with E-state index in [4.69, 9.17) is 5.73 Å². The molecule has 188 valence electrons. The van der Waals surface area contributed by atoms with Crippen molar-refractivity contribution < 1.29 is 9.18 Å². The van der Waals surface area contributed by atoms with E-state index in [2.05, 4.69) is 30.2 Å². The maximum absolute atomic E-state index is 13.2. The fourth-order valence-electron chi connectivity index (χ4n) is 4.63. The molecular formula is C28H28FN7O. The Bertz CT molecular complexity index is 1470. The van der Waals surface area contributed by atoms with Gasteiger partial charge in [0.2, 0.25) is 0 Å². The molecule has 2 aromatic carbocycles. The number of allylic oxidation sites excluding steroid dienone is 1. The molecule has 1 amide bonds. The molecule has 9 heteroatoms. The van der Waals surface area contributed by atoms with Gasteiger partial charge in [-0.05, 0) is 61.2 Å². The second-order valence-electron chi connectivity index (χ2n) is 9.20. The second-order valence-corrected chi connectivity index (χ2v) is 9.20. The Morgan fingerprint density at radius 1 is 1.19 bits per heavy atom. The Morgan fingerprint density at radius 2 is 1.97 bits per heavy atom. The molecule has 1 aliphatic carbocycles. The Hall–Kier alpha value is -4.40. The second kappa shape index (κ2) is 10.7. The predicted octanol–water partition coefficient (Wildman–Crippen LogP) is 5.34. The zero-order valence-electron chi connectivity index (χ0n) is 20.5. The summed E-state index contributed by atoms with van der Waals surface area (Å²) < 4.78 is 13.2. The molecule has 1 saturated carbocycles. The molecule has 0 aliphatic heterocycles. The highest BCUT2D eigenvalue weighted by atomic mass is 19.1. The number of halogens is 1. The van der Waals surface area contributed by atoms with E-state index in [1.807, 2.05) is 31.2 Å². The standard InChI is InChI=1S/C28H28FN7O/c1-17(19-7-4-8-20(13-19)21(14-30)15-31-23-11-9-22(29)10-12-23)34-28(37)25-24-27(33-16-32-25)36-26(35-24)18-5-2-3-6-18/h4,7-18H,2-3,5-6,30H2,1H3,(H,34,37)(H,32,33,35,36)/t17-/m1/s1. The van der Waals surface area contributed by atoms with Crippen LogP contribution in [0.15, 0.2) is 66.1 Å². The van der Waals surface area contributed by atoms with E-state index in [-0.39, 0.29) is 23.5 Å². The molecule has 0 spiro atoms. The normalized spacial score (nSPS) is 15.5. The molecule has 0 radical (unpaired) electrons. The van der Waals surface area contributed by atoms with E-state index >= 15 is 0 Å². The quantitative estimate of drug-likeness (QED) is 0.297. The number of aliphatic imine (C=N–C) groups is 1. The highest BCUT2D eigenvalue weighted by Gasteiger charge is 2.23. The van der Waals surface area contributed by atoms with Gasteiger partial charge in [0, 0.05) is 23.9 Å². The minimum absolute atomic E-state index is 0.277. The molecule has 2 heterocycles. The Labute approximate surface area is 214 Å². The lowest BCUT2D eigenvalue weighted by molar-refractivity contribution is 0.0936. The summed E-state index contributed by atoms with van der Waals surface area (Å²) in [6.07, 6.45) is 9.04. The van der Waals surface area contributed by atoms with Gasteiger partial charge in [0.1, 0.15) is 23.5 Å². The van der Waals surface area contributed by atoms with Crippen LogP contribution in [0.4, 0.5) is 10.1 Å². The first kappa shape index (κ1) is 24.3. The van der Waals surface area contributed by atoms with Gasteiger partial charge in [-0.3, -0.25) is 9.79 Å². The Morgan fingerprint density at radius 3 is 2.73 bits per heavy atom. The molecule has 0 bridgehead atoms. The summed E-state index contributed by atoms with van der Waals surface area (Å²) in [6, 6.07) is 13.3. The number of carbonyl (C=O) groups is 1. The molecule has 1 atom stereocenters. The van der Waals surface area contributed by atoms with Crippen LogP contribution in [0.25, 0.3) is 16.7 Å². The first-order valence-corrected chi connectivity index (χ1v) is 12.3. The van der Waals surface area contributed by atoms with Crippen molar-refractivity contribution >= 4 is 34.5 Å². The zero-order chi connectivity index (χ0) is 25.8. The van der Waals surface area contributed by atoms with Crippen LogP contribution in [0, 0.1) is 5.82 Å². The van der Waals surface area contributed by atoms with E-state index in [9.17, 15) is 9.18 Å². The smallest absolute Gasteiger partial charge is 0.272 e. The van der Waals surface area contributed by atoms with Crippen molar-refractivity contribution in [3.63, 3.8) is 0 Å². The molecular weight excluding hydrogens is 469 g/mol. The van der Waals surface area contributed by atoms with Crippen LogP contribution < -0.4 is 11.1 Å². The minimum Gasteiger partial charge on any atom is -0.404 e. The number of rotatable bonds is 7. The number of hydrogen-bond donors (Lipinski definition) is 3. The van der Waals surface area contributed by atoms with Crippen molar-refractivity contribution in [2.24, 2.45) is 10.7 Å². The van der Waals surface area contributed by atoms with Crippen molar-refractivity contribution in [1.82, 2.24) is 25.3 Å². The van der Waals surface area contributed by atoms with Crippen LogP contribution >= 0.6 is 0 Å². The molecule has 1 fully saturated rings. The van der Waals surface area contributed by atoms with Crippen molar-refractivity contribution in [1.29, 1.82) is 0 Å². The molecule has 4 aromatic rings. The van der Waals surface area contributed by atoms with Crippen LogP contribution in [0.3, 0.4) is 0 Å². The number of aromatic nitrogens is 4. The summed E-state index contributed by atoms with van der Waals surface area (Å²) in [5.74, 6) is 0.635.